The Hall–Kier alpha value is -2.82. The van der Waals surface area contributed by atoms with Crippen LogP contribution >= 0.6 is 0 Å². The van der Waals surface area contributed by atoms with E-state index < -0.39 is 0 Å². The second kappa shape index (κ2) is 6.97. The molecule has 0 aliphatic carbocycles. The zero-order valence-corrected chi connectivity index (χ0v) is 15.2. The number of amides is 1. The fourth-order valence-corrected chi connectivity index (χ4v) is 2.91. The lowest BCUT2D eigenvalue weighted by Gasteiger charge is -2.19. The van der Waals surface area contributed by atoms with Gasteiger partial charge in [-0.25, -0.2) is 4.98 Å². The molecule has 3 aromatic rings. The number of benzene rings is 2. The summed E-state index contributed by atoms with van der Waals surface area (Å²) in [5.74, 6) is 0.932. The summed E-state index contributed by atoms with van der Waals surface area (Å²) in [6.45, 7) is 2.84. The summed E-state index contributed by atoms with van der Waals surface area (Å²) in [7, 11) is 5.88. The van der Waals surface area contributed by atoms with Gasteiger partial charge in [-0.1, -0.05) is 24.3 Å². The van der Waals surface area contributed by atoms with Crippen molar-refractivity contribution in [1.29, 1.82) is 0 Å². The molecule has 1 amide bonds. The van der Waals surface area contributed by atoms with Gasteiger partial charge >= 0.3 is 0 Å². The van der Waals surface area contributed by atoms with E-state index in [4.69, 9.17) is 0 Å². The Bertz CT molecular complexity index is 880. The van der Waals surface area contributed by atoms with Crippen LogP contribution in [0.3, 0.4) is 0 Å². The summed E-state index contributed by atoms with van der Waals surface area (Å²) in [6, 6.07) is 16.2. The molecule has 0 aliphatic rings. The van der Waals surface area contributed by atoms with Crippen molar-refractivity contribution in [3.8, 4) is 0 Å². The summed E-state index contributed by atoms with van der Waals surface area (Å²) in [4.78, 5) is 21.0. The minimum atomic E-state index is 0.0722. The van der Waals surface area contributed by atoms with Crippen LogP contribution in [-0.2, 0) is 17.9 Å². The maximum Gasteiger partial charge on any atom is 0.242 e. The van der Waals surface area contributed by atoms with E-state index in [1.807, 2.05) is 56.9 Å². The predicted octanol–water partition coefficient (Wildman–Crippen LogP) is 3.07. The molecule has 3 rings (SSSR count). The number of carbonyl (C=O) groups is 1. The predicted molar refractivity (Wildman–Crippen MR) is 102 cm³/mol. The lowest BCUT2D eigenvalue weighted by Crippen LogP contribution is -2.30. The van der Waals surface area contributed by atoms with Gasteiger partial charge in [0.2, 0.25) is 5.91 Å². The van der Waals surface area contributed by atoms with E-state index in [1.165, 1.54) is 0 Å². The van der Waals surface area contributed by atoms with E-state index in [0.29, 0.717) is 13.1 Å². The lowest BCUT2D eigenvalue weighted by atomic mass is 10.2. The smallest absolute Gasteiger partial charge is 0.242 e. The molecule has 25 heavy (non-hydrogen) atoms. The lowest BCUT2D eigenvalue weighted by molar-refractivity contribution is -0.131. The average molecular weight is 336 g/mol. The van der Waals surface area contributed by atoms with Crippen LogP contribution in [0.4, 0.5) is 5.69 Å². The van der Waals surface area contributed by atoms with Crippen molar-refractivity contribution in [2.75, 3.05) is 26.0 Å². The number of hydrogen-bond acceptors (Lipinski definition) is 3. The van der Waals surface area contributed by atoms with Gasteiger partial charge in [-0.3, -0.25) is 4.79 Å². The standard InChI is InChI=1S/C20H24N4O/c1-15-21-18-7-5-6-8-19(18)24(15)14-20(25)23(4)13-16-9-11-17(12-10-16)22(2)3/h5-12H,13-14H2,1-4H3. The topological polar surface area (TPSA) is 41.4 Å². The quantitative estimate of drug-likeness (QED) is 0.719. The Kier molecular flexibility index (Phi) is 4.74. The number of fused-ring (bicyclic) bond motifs is 1. The van der Waals surface area contributed by atoms with Crippen molar-refractivity contribution in [2.24, 2.45) is 0 Å². The Morgan fingerprint density at radius 2 is 1.72 bits per heavy atom. The second-order valence-electron chi connectivity index (χ2n) is 6.54. The van der Waals surface area contributed by atoms with Gasteiger partial charge in [-0.05, 0) is 36.8 Å². The first kappa shape index (κ1) is 17.0. The number of likely N-dealkylation sites (N-methyl/N-ethyl adjacent to an activating group) is 1. The van der Waals surface area contributed by atoms with Crippen LogP contribution in [0.5, 0.6) is 0 Å². The maximum absolute atomic E-state index is 12.7. The van der Waals surface area contributed by atoms with E-state index >= 15 is 0 Å². The summed E-state index contributed by atoms with van der Waals surface area (Å²) in [5, 5.41) is 0. The van der Waals surface area contributed by atoms with Crippen LogP contribution in [0.25, 0.3) is 11.0 Å². The Labute approximate surface area is 148 Å². The highest BCUT2D eigenvalue weighted by molar-refractivity contribution is 5.81. The number of anilines is 1. The normalized spacial score (nSPS) is 10.9. The Morgan fingerprint density at radius 3 is 2.40 bits per heavy atom. The monoisotopic (exact) mass is 336 g/mol. The molecule has 1 heterocycles. The highest BCUT2D eigenvalue weighted by Crippen LogP contribution is 2.17. The first-order valence-electron chi connectivity index (χ1n) is 8.38. The summed E-state index contributed by atoms with van der Waals surface area (Å²) >= 11 is 0. The number of nitrogens with zero attached hydrogens (tertiary/aromatic N) is 4. The van der Waals surface area contributed by atoms with Gasteiger partial charge in [0.15, 0.2) is 0 Å². The van der Waals surface area contributed by atoms with Crippen LogP contribution in [0.1, 0.15) is 11.4 Å². The van der Waals surface area contributed by atoms with Crippen LogP contribution in [0.2, 0.25) is 0 Å². The molecule has 0 unspecified atom stereocenters. The van der Waals surface area contributed by atoms with Crippen molar-refractivity contribution in [2.45, 2.75) is 20.0 Å². The molecule has 0 aliphatic heterocycles. The summed E-state index contributed by atoms with van der Waals surface area (Å²) in [5.41, 5.74) is 4.19. The van der Waals surface area contributed by atoms with Crippen LogP contribution in [0.15, 0.2) is 48.5 Å². The molecule has 130 valence electrons. The molecule has 1 aromatic heterocycles. The first-order valence-corrected chi connectivity index (χ1v) is 8.38. The number of aryl methyl sites for hydroxylation is 1. The van der Waals surface area contributed by atoms with Gasteiger partial charge in [0.05, 0.1) is 11.0 Å². The van der Waals surface area contributed by atoms with E-state index in [9.17, 15) is 4.79 Å². The van der Waals surface area contributed by atoms with Gasteiger partial charge in [-0.15, -0.1) is 0 Å². The number of aromatic nitrogens is 2. The highest BCUT2D eigenvalue weighted by Gasteiger charge is 2.14. The molecule has 0 fully saturated rings. The second-order valence-corrected chi connectivity index (χ2v) is 6.54. The maximum atomic E-state index is 12.7. The van der Waals surface area contributed by atoms with Crippen LogP contribution in [0, 0.1) is 6.92 Å². The molecular formula is C20H24N4O. The molecule has 0 saturated carbocycles. The Balaban J connectivity index is 1.71. The van der Waals surface area contributed by atoms with Crippen molar-refractivity contribution in [1.82, 2.24) is 14.5 Å². The largest absolute Gasteiger partial charge is 0.378 e. The number of para-hydroxylation sites is 2. The molecule has 5 nitrogen and oxygen atoms in total. The minimum Gasteiger partial charge on any atom is -0.378 e. The minimum absolute atomic E-state index is 0.0722. The fourth-order valence-electron chi connectivity index (χ4n) is 2.91. The van der Waals surface area contributed by atoms with Gasteiger partial charge in [-0.2, -0.15) is 0 Å². The van der Waals surface area contributed by atoms with Crippen molar-refractivity contribution in [3.05, 3.63) is 59.9 Å². The van der Waals surface area contributed by atoms with E-state index in [-0.39, 0.29) is 5.91 Å². The molecule has 0 saturated heterocycles. The van der Waals surface area contributed by atoms with Crippen molar-refractivity contribution >= 4 is 22.6 Å². The third kappa shape index (κ3) is 3.65. The van der Waals surface area contributed by atoms with Crippen molar-refractivity contribution < 1.29 is 4.79 Å². The van der Waals surface area contributed by atoms with Crippen LogP contribution < -0.4 is 4.90 Å². The van der Waals surface area contributed by atoms with Crippen LogP contribution in [-0.4, -0.2) is 41.5 Å². The third-order valence-electron chi connectivity index (χ3n) is 4.44. The van der Waals surface area contributed by atoms with Gasteiger partial charge in [0, 0.05) is 33.4 Å². The number of hydrogen-bond donors (Lipinski definition) is 0. The van der Waals surface area contributed by atoms with E-state index in [2.05, 4.69) is 34.1 Å². The SMILES string of the molecule is Cc1nc2ccccc2n1CC(=O)N(C)Cc1ccc(N(C)C)cc1. The number of imidazole rings is 1. The molecule has 0 N–H and O–H groups in total. The Morgan fingerprint density at radius 1 is 1.04 bits per heavy atom. The first-order chi connectivity index (χ1) is 12.0. The molecule has 5 heteroatoms. The highest BCUT2D eigenvalue weighted by atomic mass is 16.2. The molecule has 0 bridgehead atoms. The molecular weight excluding hydrogens is 312 g/mol. The molecule has 0 atom stereocenters. The zero-order chi connectivity index (χ0) is 18.0. The van der Waals surface area contributed by atoms with Crippen molar-refractivity contribution in [3.63, 3.8) is 0 Å². The van der Waals surface area contributed by atoms with E-state index in [0.717, 1.165) is 28.1 Å². The van der Waals surface area contributed by atoms with Gasteiger partial charge in [0.25, 0.3) is 0 Å². The molecule has 0 radical (unpaired) electrons. The average Bonchev–Trinajstić information content (AvgIpc) is 2.91. The molecule has 2 aromatic carbocycles. The summed E-state index contributed by atoms with van der Waals surface area (Å²) in [6.07, 6.45) is 0. The number of rotatable bonds is 5. The summed E-state index contributed by atoms with van der Waals surface area (Å²) < 4.78 is 1.98. The van der Waals surface area contributed by atoms with Gasteiger partial charge in [0.1, 0.15) is 12.4 Å². The zero-order valence-electron chi connectivity index (χ0n) is 15.2. The third-order valence-corrected chi connectivity index (χ3v) is 4.44. The van der Waals surface area contributed by atoms with E-state index in [1.54, 1.807) is 4.90 Å². The van der Waals surface area contributed by atoms with Gasteiger partial charge < -0.3 is 14.4 Å². The number of carbonyl (C=O) groups excluding carboxylic acids is 1. The molecule has 0 spiro atoms. The fraction of sp³-hybridized carbons (Fsp3) is 0.300.